The molecule has 0 saturated heterocycles. The van der Waals surface area contributed by atoms with Crippen LogP contribution < -0.4 is 5.32 Å². The number of halogens is 1. The van der Waals surface area contributed by atoms with E-state index in [0.29, 0.717) is 11.3 Å². The van der Waals surface area contributed by atoms with Crippen LogP contribution in [0.5, 0.6) is 0 Å². The maximum absolute atomic E-state index is 13.9. The first-order chi connectivity index (χ1) is 11.2. The maximum Gasteiger partial charge on any atom is 0.244 e. The number of carbonyl (C=O) groups excluding carboxylic acids is 1. The number of anilines is 1. The molecule has 0 aromatic heterocycles. The van der Waals surface area contributed by atoms with Gasteiger partial charge < -0.3 is 5.32 Å². The van der Waals surface area contributed by atoms with Gasteiger partial charge in [-0.15, -0.1) is 0 Å². The van der Waals surface area contributed by atoms with E-state index >= 15 is 0 Å². The summed E-state index contributed by atoms with van der Waals surface area (Å²) in [6, 6.07) is 23.5. The Bertz CT molecular complexity index is 835. The zero-order chi connectivity index (χ0) is 15.9. The molecule has 0 spiro atoms. The van der Waals surface area contributed by atoms with Crippen LogP contribution in [-0.4, -0.2) is 5.91 Å². The lowest BCUT2D eigenvalue weighted by molar-refractivity contribution is -0.118. The number of rotatable bonds is 2. The molecule has 3 aromatic rings. The van der Waals surface area contributed by atoms with Crippen molar-refractivity contribution in [2.45, 2.75) is 5.41 Å². The van der Waals surface area contributed by atoms with Crippen molar-refractivity contribution >= 4 is 11.6 Å². The monoisotopic (exact) mass is 303 g/mol. The SMILES string of the molecule is O=C1Nc2ccc(F)cc2C1(c1ccccc1)c1ccccc1. The molecule has 3 aromatic carbocycles. The number of hydrogen-bond acceptors (Lipinski definition) is 1. The summed E-state index contributed by atoms with van der Waals surface area (Å²) in [7, 11) is 0. The molecule has 23 heavy (non-hydrogen) atoms. The minimum absolute atomic E-state index is 0.157. The van der Waals surface area contributed by atoms with E-state index in [1.54, 1.807) is 6.07 Å². The van der Waals surface area contributed by atoms with Crippen LogP contribution in [0.3, 0.4) is 0 Å². The van der Waals surface area contributed by atoms with Gasteiger partial charge in [-0.25, -0.2) is 4.39 Å². The van der Waals surface area contributed by atoms with Gasteiger partial charge in [-0.3, -0.25) is 4.79 Å². The molecule has 1 N–H and O–H groups in total. The molecule has 0 saturated carbocycles. The van der Waals surface area contributed by atoms with Gasteiger partial charge >= 0.3 is 0 Å². The summed E-state index contributed by atoms with van der Waals surface area (Å²) in [4.78, 5) is 13.0. The maximum atomic E-state index is 13.9. The Morgan fingerprint density at radius 2 is 1.35 bits per heavy atom. The molecule has 0 fully saturated rings. The minimum atomic E-state index is -1.03. The van der Waals surface area contributed by atoms with Crippen LogP contribution in [0.25, 0.3) is 0 Å². The smallest absolute Gasteiger partial charge is 0.244 e. The lowest BCUT2D eigenvalue weighted by atomic mass is 9.70. The van der Waals surface area contributed by atoms with Crippen LogP contribution in [0.1, 0.15) is 16.7 Å². The predicted molar refractivity (Wildman–Crippen MR) is 87.8 cm³/mol. The molecular weight excluding hydrogens is 289 g/mol. The Labute approximate surface area is 133 Å². The highest BCUT2D eigenvalue weighted by Crippen LogP contribution is 2.47. The van der Waals surface area contributed by atoms with Crippen molar-refractivity contribution in [2.75, 3.05) is 5.32 Å². The fraction of sp³-hybridized carbons (Fsp3) is 0.0500. The number of nitrogens with one attached hydrogen (secondary N) is 1. The molecule has 0 unspecified atom stereocenters. The van der Waals surface area contributed by atoms with E-state index in [9.17, 15) is 9.18 Å². The normalized spacial score (nSPS) is 15.1. The topological polar surface area (TPSA) is 29.1 Å². The summed E-state index contributed by atoms with van der Waals surface area (Å²) in [5.41, 5.74) is 1.94. The van der Waals surface area contributed by atoms with Gasteiger partial charge in [0.2, 0.25) is 5.91 Å². The summed E-state index contributed by atoms with van der Waals surface area (Å²) in [6.45, 7) is 0. The Kier molecular flexibility index (Phi) is 3.01. The molecule has 1 amide bonds. The van der Waals surface area contributed by atoms with Crippen molar-refractivity contribution in [3.8, 4) is 0 Å². The third-order valence-corrected chi connectivity index (χ3v) is 4.39. The van der Waals surface area contributed by atoms with E-state index in [4.69, 9.17) is 0 Å². The predicted octanol–water partition coefficient (Wildman–Crippen LogP) is 4.11. The highest BCUT2D eigenvalue weighted by molar-refractivity contribution is 6.11. The van der Waals surface area contributed by atoms with Gasteiger partial charge in [-0.05, 0) is 29.3 Å². The molecule has 0 radical (unpaired) electrons. The van der Waals surface area contributed by atoms with Crippen LogP contribution in [0.15, 0.2) is 78.9 Å². The molecule has 0 aliphatic carbocycles. The number of fused-ring (bicyclic) bond motifs is 1. The summed E-state index contributed by atoms with van der Waals surface area (Å²) in [5, 5.41) is 2.91. The van der Waals surface area contributed by atoms with Gasteiger partial charge in [0.05, 0.1) is 0 Å². The van der Waals surface area contributed by atoms with E-state index in [-0.39, 0.29) is 11.7 Å². The van der Waals surface area contributed by atoms with Crippen molar-refractivity contribution in [3.63, 3.8) is 0 Å². The molecule has 0 atom stereocenters. The van der Waals surface area contributed by atoms with Crippen LogP contribution in [0.4, 0.5) is 10.1 Å². The van der Waals surface area contributed by atoms with E-state index in [1.165, 1.54) is 12.1 Å². The van der Waals surface area contributed by atoms with Crippen molar-refractivity contribution in [2.24, 2.45) is 0 Å². The van der Waals surface area contributed by atoms with Gasteiger partial charge in [0.25, 0.3) is 0 Å². The second kappa shape index (κ2) is 5.06. The van der Waals surface area contributed by atoms with E-state index in [0.717, 1.165) is 11.1 Å². The van der Waals surface area contributed by atoms with E-state index in [2.05, 4.69) is 5.32 Å². The highest BCUT2D eigenvalue weighted by Gasteiger charge is 2.49. The molecule has 112 valence electrons. The number of hydrogen-bond donors (Lipinski definition) is 1. The Morgan fingerprint density at radius 3 is 1.91 bits per heavy atom. The van der Waals surface area contributed by atoms with Gasteiger partial charge in [0, 0.05) is 11.3 Å². The summed E-state index contributed by atoms with van der Waals surface area (Å²) in [5.74, 6) is -0.507. The van der Waals surface area contributed by atoms with E-state index < -0.39 is 5.41 Å². The Morgan fingerprint density at radius 1 is 0.783 bits per heavy atom. The van der Waals surface area contributed by atoms with Crippen molar-refractivity contribution < 1.29 is 9.18 Å². The standard InChI is InChI=1S/C20H14FNO/c21-16-11-12-18-17(13-16)20(19(23)22-18,14-7-3-1-4-8-14)15-9-5-2-6-10-15/h1-13H,(H,22,23). The molecule has 4 rings (SSSR count). The minimum Gasteiger partial charge on any atom is -0.324 e. The van der Waals surface area contributed by atoms with Crippen molar-refractivity contribution in [1.29, 1.82) is 0 Å². The number of benzene rings is 3. The van der Waals surface area contributed by atoms with Crippen molar-refractivity contribution in [3.05, 3.63) is 101 Å². The second-order valence-electron chi connectivity index (χ2n) is 5.63. The molecule has 1 heterocycles. The molecule has 0 bridgehead atoms. The third kappa shape index (κ3) is 1.90. The Balaban J connectivity index is 2.10. The number of carbonyl (C=O) groups is 1. The molecule has 1 aliphatic heterocycles. The molecule has 1 aliphatic rings. The zero-order valence-corrected chi connectivity index (χ0v) is 12.3. The lowest BCUT2D eigenvalue weighted by Crippen LogP contribution is -2.37. The van der Waals surface area contributed by atoms with Crippen LogP contribution in [-0.2, 0) is 10.2 Å². The van der Waals surface area contributed by atoms with Gasteiger partial charge in [0.15, 0.2) is 0 Å². The average Bonchev–Trinajstić information content (AvgIpc) is 2.88. The first kappa shape index (κ1) is 13.7. The van der Waals surface area contributed by atoms with Crippen LogP contribution >= 0.6 is 0 Å². The third-order valence-electron chi connectivity index (χ3n) is 4.39. The Hall–Kier alpha value is -2.94. The zero-order valence-electron chi connectivity index (χ0n) is 12.3. The average molecular weight is 303 g/mol. The molecule has 2 nitrogen and oxygen atoms in total. The fourth-order valence-corrected chi connectivity index (χ4v) is 3.39. The first-order valence-corrected chi connectivity index (χ1v) is 7.45. The van der Waals surface area contributed by atoms with Gasteiger partial charge in [-0.1, -0.05) is 60.7 Å². The van der Waals surface area contributed by atoms with Gasteiger partial charge in [-0.2, -0.15) is 0 Å². The first-order valence-electron chi connectivity index (χ1n) is 7.45. The lowest BCUT2D eigenvalue weighted by Gasteiger charge is -2.29. The van der Waals surface area contributed by atoms with E-state index in [1.807, 2.05) is 60.7 Å². The van der Waals surface area contributed by atoms with Crippen LogP contribution in [0.2, 0.25) is 0 Å². The molecule has 3 heteroatoms. The molecular formula is C20H14FNO. The van der Waals surface area contributed by atoms with Crippen molar-refractivity contribution in [1.82, 2.24) is 0 Å². The number of amides is 1. The fourth-order valence-electron chi connectivity index (χ4n) is 3.39. The van der Waals surface area contributed by atoms with Crippen LogP contribution in [0, 0.1) is 5.82 Å². The largest absolute Gasteiger partial charge is 0.324 e. The second-order valence-corrected chi connectivity index (χ2v) is 5.63. The summed E-state index contributed by atoms with van der Waals surface area (Å²) in [6.07, 6.45) is 0. The summed E-state index contributed by atoms with van der Waals surface area (Å²) >= 11 is 0. The highest BCUT2D eigenvalue weighted by atomic mass is 19.1. The van der Waals surface area contributed by atoms with Gasteiger partial charge in [0.1, 0.15) is 11.2 Å². The quantitative estimate of drug-likeness (QED) is 0.758. The summed E-state index contributed by atoms with van der Waals surface area (Å²) < 4.78 is 13.9.